The fraction of sp³-hybridized carbons (Fsp3) is 0.308. The number of nitrogens with zero attached hydrogens (tertiary/aromatic N) is 2. The highest BCUT2D eigenvalue weighted by Crippen LogP contribution is 2.25. The summed E-state index contributed by atoms with van der Waals surface area (Å²) in [6.45, 7) is 4.12. The minimum atomic E-state index is -0.346. The first-order chi connectivity index (χ1) is 10.1. The summed E-state index contributed by atoms with van der Waals surface area (Å²) in [6.07, 6.45) is 0. The van der Waals surface area contributed by atoms with Crippen LogP contribution in [-0.2, 0) is 4.79 Å². The zero-order valence-corrected chi connectivity index (χ0v) is 13.2. The summed E-state index contributed by atoms with van der Waals surface area (Å²) >= 11 is 3.38. The third-order valence-electron chi connectivity index (χ3n) is 2.44. The number of H-pyrrole nitrogens is 1. The van der Waals surface area contributed by atoms with E-state index in [1.165, 1.54) is 0 Å². The van der Waals surface area contributed by atoms with E-state index in [4.69, 9.17) is 9.47 Å². The minimum absolute atomic E-state index is 0.133. The Labute approximate surface area is 130 Å². The van der Waals surface area contributed by atoms with Gasteiger partial charge >= 0.3 is 6.01 Å². The number of rotatable bonds is 6. The van der Waals surface area contributed by atoms with Gasteiger partial charge in [-0.1, -0.05) is 6.07 Å². The lowest BCUT2D eigenvalue weighted by atomic mass is 10.2. The average Bonchev–Trinajstić information content (AvgIpc) is 2.85. The third kappa shape index (κ3) is 4.45. The Morgan fingerprint density at radius 1 is 1.43 bits per heavy atom. The molecule has 1 aromatic carbocycles. The molecule has 0 aliphatic carbocycles. The van der Waals surface area contributed by atoms with Crippen molar-refractivity contribution in [3.8, 4) is 11.8 Å². The first kappa shape index (κ1) is 15.3. The molecule has 0 spiro atoms. The Morgan fingerprint density at radius 2 is 2.24 bits per heavy atom. The molecular weight excluding hydrogens is 340 g/mol. The Hall–Kier alpha value is -2.09. The van der Waals surface area contributed by atoms with Crippen molar-refractivity contribution >= 4 is 27.8 Å². The van der Waals surface area contributed by atoms with E-state index in [1.54, 1.807) is 6.07 Å². The Balaban J connectivity index is 1.86. The maximum atomic E-state index is 11.8. The number of hydrogen-bond donors (Lipinski definition) is 2. The molecule has 2 aromatic rings. The van der Waals surface area contributed by atoms with Gasteiger partial charge in [0, 0.05) is 0 Å². The van der Waals surface area contributed by atoms with Crippen LogP contribution >= 0.6 is 15.9 Å². The van der Waals surface area contributed by atoms with Crippen molar-refractivity contribution in [3.63, 3.8) is 0 Å². The summed E-state index contributed by atoms with van der Waals surface area (Å²) in [7, 11) is 0. The summed E-state index contributed by atoms with van der Waals surface area (Å²) in [5.74, 6) is 0.472. The number of hydrogen-bond acceptors (Lipinski definition) is 5. The molecule has 0 saturated carbocycles. The number of anilines is 1. The van der Waals surface area contributed by atoms with Gasteiger partial charge in [0.2, 0.25) is 5.95 Å². The fourth-order valence-electron chi connectivity index (χ4n) is 1.53. The van der Waals surface area contributed by atoms with Gasteiger partial charge in [-0.15, -0.1) is 5.10 Å². The van der Waals surface area contributed by atoms with Crippen LogP contribution in [0.5, 0.6) is 11.8 Å². The van der Waals surface area contributed by atoms with Gasteiger partial charge in [0.1, 0.15) is 5.75 Å². The average molecular weight is 355 g/mol. The highest BCUT2D eigenvalue weighted by Gasteiger charge is 2.09. The monoisotopic (exact) mass is 354 g/mol. The maximum Gasteiger partial charge on any atom is 0.337 e. The molecule has 0 aliphatic heterocycles. The van der Waals surface area contributed by atoms with Gasteiger partial charge in [-0.3, -0.25) is 10.1 Å². The summed E-state index contributed by atoms with van der Waals surface area (Å²) in [6, 6.07) is 5.81. The van der Waals surface area contributed by atoms with Crippen LogP contribution in [0, 0.1) is 6.92 Å². The van der Waals surface area contributed by atoms with Crippen molar-refractivity contribution < 1.29 is 14.3 Å². The maximum absolute atomic E-state index is 11.8. The lowest BCUT2D eigenvalue weighted by Crippen LogP contribution is -2.21. The van der Waals surface area contributed by atoms with Crippen LogP contribution in [0.1, 0.15) is 12.5 Å². The molecule has 0 aliphatic rings. The van der Waals surface area contributed by atoms with Crippen molar-refractivity contribution in [2.45, 2.75) is 13.8 Å². The first-order valence-corrected chi connectivity index (χ1v) is 7.11. The lowest BCUT2D eigenvalue weighted by Gasteiger charge is -2.08. The minimum Gasteiger partial charge on any atom is -0.483 e. The van der Waals surface area contributed by atoms with E-state index in [1.807, 2.05) is 26.0 Å². The SMILES string of the molecule is CCOc1n[nH]c(NC(=O)COc2ccc(C)cc2Br)n1. The van der Waals surface area contributed by atoms with E-state index in [9.17, 15) is 4.79 Å². The van der Waals surface area contributed by atoms with Crippen LogP contribution in [-0.4, -0.2) is 34.3 Å². The standard InChI is InChI=1S/C13H15BrN4O3/c1-3-20-13-16-12(17-18-13)15-11(19)7-21-10-5-4-8(2)6-9(10)14/h4-6H,3,7H2,1-2H3,(H2,15,16,17,18,19). The van der Waals surface area contributed by atoms with Gasteiger partial charge < -0.3 is 9.47 Å². The molecule has 21 heavy (non-hydrogen) atoms. The van der Waals surface area contributed by atoms with Gasteiger partial charge in [-0.2, -0.15) is 4.98 Å². The number of carbonyl (C=O) groups excluding carboxylic acids is 1. The molecule has 0 radical (unpaired) electrons. The molecule has 2 N–H and O–H groups in total. The second-order valence-electron chi connectivity index (χ2n) is 4.17. The highest BCUT2D eigenvalue weighted by molar-refractivity contribution is 9.10. The molecule has 8 heteroatoms. The first-order valence-electron chi connectivity index (χ1n) is 6.32. The van der Waals surface area contributed by atoms with Crippen LogP contribution in [0.4, 0.5) is 5.95 Å². The Bertz CT molecular complexity index is 630. The summed E-state index contributed by atoms with van der Waals surface area (Å²) < 4.78 is 11.3. The zero-order valence-electron chi connectivity index (χ0n) is 11.6. The van der Waals surface area contributed by atoms with Gasteiger partial charge in [-0.25, -0.2) is 5.10 Å². The number of nitrogens with one attached hydrogen (secondary N) is 2. The number of halogens is 1. The molecule has 0 unspecified atom stereocenters. The van der Waals surface area contributed by atoms with Gasteiger partial charge in [-0.05, 0) is 47.5 Å². The number of aryl methyl sites for hydroxylation is 1. The van der Waals surface area contributed by atoms with E-state index < -0.39 is 0 Å². The van der Waals surface area contributed by atoms with E-state index >= 15 is 0 Å². The Morgan fingerprint density at radius 3 is 2.95 bits per heavy atom. The molecule has 0 atom stereocenters. The normalized spacial score (nSPS) is 10.2. The number of ether oxygens (including phenoxy) is 2. The number of amides is 1. The Kier molecular flexibility index (Phi) is 5.15. The number of aromatic nitrogens is 3. The second-order valence-corrected chi connectivity index (χ2v) is 5.02. The number of carbonyl (C=O) groups is 1. The van der Waals surface area contributed by atoms with E-state index in [-0.39, 0.29) is 24.5 Å². The molecule has 0 saturated heterocycles. The van der Waals surface area contributed by atoms with E-state index in [2.05, 4.69) is 36.4 Å². The molecule has 1 aromatic heterocycles. The highest BCUT2D eigenvalue weighted by atomic mass is 79.9. The molecule has 1 amide bonds. The topological polar surface area (TPSA) is 89.1 Å². The van der Waals surface area contributed by atoms with Crippen LogP contribution < -0.4 is 14.8 Å². The largest absolute Gasteiger partial charge is 0.483 e. The predicted molar refractivity (Wildman–Crippen MR) is 80.6 cm³/mol. The fourth-order valence-corrected chi connectivity index (χ4v) is 2.14. The van der Waals surface area contributed by atoms with Crippen molar-refractivity contribution in [3.05, 3.63) is 28.2 Å². The van der Waals surface area contributed by atoms with Crippen molar-refractivity contribution in [2.75, 3.05) is 18.5 Å². The number of aromatic amines is 1. The molecule has 2 rings (SSSR count). The molecule has 112 valence electrons. The molecule has 0 bridgehead atoms. The predicted octanol–water partition coefficient (Wildman–Crippen LogP) is 2.29. The molecular formula is C13H15BrN4O3. The van der Waals surface area contributed by atoms with E-state index in [0.717, 1.165) is 10.0 Å². The van der Waals surface area contributed by atoms with Gasteiger partial charge in [0.15, 0.2) is 6.61 Å². The zero-order chi connectivity index (χ0) is 15.2. The second kappa shape index (κ2) is 7.07. The van der Waals surface area contributed by atoms with Crippen LogP contribution in [0.3, 0.4) is 0 Å². The molecule has 0 fully saturated rings. The number of benzene rings is 1. The summed E-state index contributed by atoms with van der Waals surface area (Å²) in [5.41, 5.74) is 1.10. The third-order valence-corrected chi connectivity index (χ3v) is 3.06. The van der Waals surface area contributed by atoms with Crippen LogP contribution in [0.25, 0.3) is 0 Å². The van der Waals surface area contributed by atoms with E-state index in [0.29, 0.717) is 12.4 Å². The van der Waals surface area contributed by atoms with Gasteiger partial charge in [0.05, 0.1) is 11.1 Å². The quantitative estimate of drug-likeness (QED) is 0.830. The lowest BCUT2D eigenvalue weighted by molar-refractivity contribution is -0.118. The van der Waals surface area contributed by atoms with Crippen molar-refractivity contribution in [2.24, 2.45) is 0 Å². The summed E-state index contributed by atoms with van der Waals surface area (Å²) in [5, 5.41) is 8.87. The molecule has 1 heterocycles. The van der Waals surface area contributed by atoms with Crippen LogP contribution in [0.15, 0.2) is 22.7 Å². The van der Waals surface area contributed by atoms with Crippen LogP contribution in [0.2, 0.25) is 0 Å². The van der Waals surface area contributed by atoms with Gasteiger partial charge in [0.25, 0.3) is 5.91 Å². The molecule has 7 nitrogen and oxygen atoms in total. The van der Waals surface area contributed by atoms with Crippen molar-refractivity contribution in [1.82, 2.24) is 15.2 Å². The summed E-state index contributed by atoms with van der Waals surface area (Å²) in [4.78, 5) is 15.7. The van der Waals surface area contributed by atoms with Crippen molar-refractivity contribution in [1.29, 1.82) is 0 Å². The smallest absolute Gasteiger partial charge is 0.337 e.